The molecule has 3 rings (SSSR count). The van der Waals surface area contributed by atoms with E-state index < -0.39 is 10.0 Å². The summed E-state index contributed by atoms with van der Waals surface area (Å²) in [5.74, 6) is 0.318. The van der Waals surface area contributed by atoms with Crippen molar-refractivity contribution in [3.8, 4) is 0 Å². The van der Waals surface area contributed by atoms with Crippen LogP contribution in [0.5, 0.6) is 0 Å². The highest BCUT2D eigenvalue weighted by Crippen LogP contribution is 2.25. The largest absolute Gasteiger partial charge is 0.339 e. The minimum absolute atomic E-state index is 0.0442. The lowest BCUT2D eigenvalue weighted by Gasteiger charge is -2.35. The van der Waals surface area contributed by atoms with Crippen LogP contribution >= 0.6 is 0 Å². The van der Waals surface area contributed by atoms with Gasteiger partial charge in [0.05, 0.1) is 5.75 Å². The molecular formula is C16H22N2O3S. The number of carbonyl (C=O) groups excluding carboxylic acids is 1. The third-order valence-corrected chi connectivity index (χ3v) is 6.60. The van der Waals surface area contributed by atoms with Gasteiger partial charge in [-0.25, -0.2) is 8.42 Å². The van der Waals surface area contributed by atoms with Crippen molar-refractivity contribution in [2.24, 2.45) is 0 Å². The number of benzene rings is 1. The number of carbonyl (C=O) groups is 1. The van der Waals surface area contributed by atoms with Crippen molar-refractivity contribution >= 4 is 15.9 Å². The molecule has 0 unspecified atom stereocenters. The molecule has 5 nitrogen and oxygen atoms in total. The Balaban J connectivity index is 1.62. The van der Waals surface area contributed by atoms with Crippen LogP contribution in [-0.4, -0.2) is 55.0 Å². The fourth-order valence-corrected chi connectivity index (χ4v) is 5.11. The number of rotatable bonds is 2. The Hall–Kier alpha value is -1.40. The smallest absolute Gasteiger partial charge is 0.253 e. The summed E-state index contributed by atoms with van der Waals surface area (Å²) in [4.78, 5) is 14.3. The van der Waals surface area contributed by atoms with Crippen molar-refractivity contribution in [3.63, 3.8) is 0 Å². The molecule has 0 atom stereocenters. The Morgan fingerprint density at radius 2 is 1.73 bits per heavy atom. The van der Waals surface area contributed by atoms with Gasteiger partial charge in [0, 0.05) is 31.2 Å². The summed E-state index contributed by atoms with van der Waals surface area (Å²) in [5, 5.41) is 0. The lowest BCUT2D eigenvalue weighted by molar-refractivity contribution is 0.0681. The zero-order chi connectivity index (χ0) is 15.7. The molecular weight excluding hydrogens is 300 g/mol. The molecule has 2 heterocycles. The van der Waals surface area contributed by atoms with Crippen LogP contribution in [0.4, 0.5) is 0 Å². The molecule has 2 aliphatic rings. The lowest BCUT2D eigenvalue weighted by atomic mass is 10.0. The Kier molecular flexibility index (Phi) is 4.23. The van der Waals surface area contributed by atoms with Crippen LogP contribution in [0.15, 0.2) is 24.3 Å². The van der Waals surface area contributed by atoms with E-state index in [9.17, 15) is 13.2 Å². The fraction of sp³-hybridized carbons (Fsp3) is 0.562. The van der Waals surface area contributed by atoms with Crippen molar-refractivity contribution < 1.29 is 13.2 Å². The maximum Gasteiger partial charge on any atom is 0.253 e. The van der Waals surface area contributed by atoms with Crippen LogP contribution in [0.2, 0.25) is 0 Å². The number of nitrogens with zero attached hydrogens (tertiary/aromatic N) is 2. The molecule has 6 heteroatoms. The topological polar surface area (TPSA) is 57.7 Å². The van der Waals surface area contributed by atoms with Gasteiger partial charge >= 0.3 is 0 Å². The predicted molar refractivity (Wildman–Crippen MR) is 85.2 cm³/mol. The Bertz CT molecular complexity index is 646. The highest BCUT2D eigenvalue weighted by atomic mass is 32.2. The van der Waals surface area contributed by atoms with Crippen LogP contribution < -0.4 is 0 Å². The molecule has 0 aromatic heterocycles. The molecule has 1 aromatic rings. The zero-order valence-electron chi connectivity index (χ0n) is 12.9. The number of likely N-dealkylation sites (tertiary alicyclic amines) is 1. The average Bonchev–Trinajstić information content (AvgIpc) is 2.87. The molecule has 0 N–H and O–H groups in total. The van der Waals surface area contributed by atoms with E-state index in [4.69, 9.17) is 0 Å². The molecule has 1 aromatic carbocycles. The number of sulfonamides is 1. The molecule has 0 aliphatic carbocycles. The fourth-order valence-electron chi connectivity index (χ4n) is 3.30. The Morgan fingerprint density at radius 3 is 2.27 bits per heavy atom. The van der Waals surface area contributed by atoms with Gasteiger partial charge in [0.25, 0.3) is 5.91 Å². The average molecular weight is 322 g/mol. The molecule has 0 spiro atoms. The van der Waals surface area contributed by atoms with Crippen LogP contribution in [0.1, 0.15) is 35.2 Å². The van der Waals surface area contributed by atoms with Crippen LogP contribution in [0, 0.1) is 6.92 Å². The van der Waals surface area contributed by atoms with E-state index in [2.05, 4.69) is 0 Å². The summed E-state index contributed by atoms with van der Waals surface area (Å²) < 4.78 is 25.6. The third kappa shape index (κ3) is 3.03. The maximum absolute atomic E-state index is 12.5. The number of aryl methyl sites for hydroxylation is 1. The van der Waals surface area contributed by atoms with Gasteiger partial charge in [-0.05, 0) is 38.3 Å². The van der Waals surface area contributed by atoms with Crippen molar-refractivity contribution in [1.29, 1.82) is 0 Å². The molecule has 0 bridgehead atoms. The highest BCUT2D eigenvalue weighted by molar-refractivity contribution is 7.89. The summed E-state index contributed by atoms with van der Waals surface area (Å²) in [6, 6.07) is 7.66. The SMILES string of the molecule is Cc1ccc(C(=O)N2CCC(N3CCCS3(=O)=O)CC2)cc1. The molecule has 22 heavy (non-hydrogen) atoms. The summed E-state index contributed by atoms with van der Waals surface area (Å²) >= 11 is 0. The van der Waals surface area contributed by atoms with E-state index in [1.165, 1.54) is 0 Å². The van der Waals surface area contributed by atoms with Gasteiger partial charge in [-0.1, -0.05) is 17.7 Å². The van der Waals surface area contributed by atoms with E-state index in [0.717, 1.165) is 24.8 Å². The highest BCUT2D eigenvalue weighted by Gasteiger charge is 2.36. The van der Waals surface area contributed by atoms with Gasteiger partial charge in [0.15, 0.2) is 0 Å². The summed E-state index contributed by atoms with van der Waals surface area (Å²) in [7, 11) is -3.05. The van der Waals surface area contributed by atoms with Gasteiger partial charge in [-0.2, -0.15) is 4.31 Å². The minimum atomic E-state index is -3.05. The quantitative estimate of drug-likeness (QED) is 0.831. The predicted octanol–water partition coefficient (Wildman–Crippen LogP) is 1.64. The van der Waals surface area contributed by atoms with Crippen LogP contribution in [0.25, 0.3) is 0 Å². The second-order valence-electron chi connectivity index (χ2n) is 6.17. The first kappa shape index (κ1) is 15.5. The van der Waals surface area contributed by atoms with E-state index in [1.54, 1.807) is 4.31 Å². The Morgan fingerprint density at radius 1 is 1.09 bits per heavy atom. The number of amides is 1. The molecule has 120 valence electrons. The first-order valence-electron chi connectivity index (χ1n) is 7.83. The summed E-state index contributed by atoms with van der Waals surface area (Å²) in [5.41, 5.74) is 1.84. The van der Waals surface area contributed by atoms with Crippen LogP contribution in [0.3, 0.4) is 0 Å². The van der Waals surface area contributed by atoms with Gasteiger partial charge in [0.2, 0.25) is 10.0 Å². The van der Waals surface area contributed by atoms with E-state index in [1.807, 2.05) is 36.1 Å². The first-order chi connectivity index (χ1) is 10.5. The molecule has 0 saturated carbocycles. The summed E-state index contributed by atoms with van der Waals surface area (Å²) in [6.07, 6.45) is 2.19. The third-order valence-electron chi connectivity index (χ3n) is 4.60. The maximum atomic E-state index is 12.5. The van der Waals surface area contributed by atoms with Crippen molar-refractivity contribution in [3.05, 3.63) is 35.4 Å². The van der Waals surface area contributed by atoms with E-state index in [0.29, 0.717) is 25.2 Å². The standard InChI is InChI=1S/C16H22N2O3S/c1-13-3-5-14(6-4-13)16(19)17-10-7-15(8-11-17)18-9-2-12-22(18,20)21/h3-6,15H,2,7-12H2,1H3. The number of hydrogen-bond donors (Lipinski definition) is 0. The van der Waals surface area contributed by atoms with Crippen molar-refractivity contribution in [1.82, 2.24) is 9.21 Å². The molecule has 2 fully saturated rings. The van der Waals surface area contributed by atoms with E-state index in [-0.39, 0.29) is 17.7 Å². The second-order valence-corrected chi connectivity index (χ2v) is 8.21. The first-order valence-corrected chi connectivity index (χ1v) is 9.44. The molecule has 2 aliphatic heterocycles. The number of piperidine rings is 1. The van der Waals surface area contributed by atoms with Gasteiger partial charge in [0.1, 0.15) is 0 Å². The molecule has 2 saturated heterocycles. The Labute approximate surface area is 132 Å². The number of hydrogen-bond acceptors (Lipinski definition) is 3. The van der Waals surface area contributed by atoms with E-state index >= 15 is 0 Å². The monoisotopic (exact) mass is 322 g/mol. The normalized spacial score (nSPS) is 22.9. The summed E-state index contributed by atoms with van der Waals surface area (Å²) in [6.45, 7) is 3.89. The van der Waals surface area contributed by atoms with Crippen molar-refractivity contribution in [2.75, 3.05) is 25.4 Å². The van der Waals surface area contributed by atoms with Gasteiger partial charge < -0.3 is 4.90 Å². The van der Waals surface area contributed by atoms with Gasteiger partial charge in [-0.15, -0.1) is 0 Å². The second kappa shape index (κ2) is 6.01. The molecule has 1 amide bonds. The minimum Gasteiger partial charge on any atom is -0.339 e. The van der Waals surface area contributed by atoms with Gasteiger partial charge in [-0.3, -0.25) is 4.79 Å². The zero-order valence-corrected chi connectivity index (χ0v) is 13.7. The van der Waals surface area contributed by atoms with Crippen molar-refractivity contribution in [2.45, 2.75) is 32.2 Å². The lowest BCUT2D eigenvalue weighted by Crippen LogP contribution is -2.47. The van der Waals surface area contributed by atoms with Crippen LogP contribution in [-0.2, 0) is 10.0 Å². The molecule has 0 radical (unpaired) electrons.